The van der Waals surface area contributed by atoms with Gasteiger partial charge < -0.3 is 5.11 Å². The number of carboxylic acids is 1. The highest BCUT2D eigenvalue weighted by atomic mass is 16.4. The summed E-state index contributed by atoms with van der Waals surface area (Å²) in [6, 6.07) is 7.33. The van der Waals surface area contributed by atoms with Crippen LogP contribution in [0.1, 0.15) is 42.1 Å². The van der Waals surface area contributed by atoms with E-state index >= 15 is 0 Å². The number of hydrogen-bond donors (Lipinski definition) is 1. The van der Waals surface area contributed by atoms with Crippen molar-refractivity contribution in [3.8, 4) is 0 Å². The highest BCUT2D eigenvalue weighted by Crippen LogP contribution is 2.19. The molecule has 1 fully saturated rings. The molecule has 1 unspecified atom stereocenters. The van der Waals surface area contributed by atoms with Gasteiger partial charge in [0.05, 0.1) is 5.56 Å². The van der Waals surface area contributed by atoms with Crippen molar-refractivity contribution in [3.63, 3.8) is 0 Å². The van der Waals surface area contributed by atoms with Gasteiger partial charge in [-0.05, 0) is 49.9 Å². The minimum Gasteiger partial charge on any atom is -0.478 e. The lowest BCUT2D eigenvalue weighted by Gasteiger charge is -2.20. The Morgan fingerprint density at radius 2 is 2.11 bits per heavy atom. The molecule has 1 aliphatic rings. The fourth-order valence-electron chi connectivity index (χ4n) is 2.59. The van der Waals surface area contributed by atoms with Gasteiger partial charge in [-0.1, -0.05) is 25.1 Å². The predicted octanol–water partition coefficient (Wildman–Crippen LogP) is 3.01. The minimum atomic E-state index is -0.825. The number of carbonyl (C=O) groups is 1. The van der Waals surface area contributed by atoms with Crippen LogP contribution in [0.25, 0.3) is 0 Å². The second-order valence-corrected chi connectivity index (χ2v) is 5.27. The van der Waals surface area contributed by atoms with Gasteiger partial charge in [0.15, 0.2) is 0 Å². The Labute approximate surface area is 108 Å². The van der Waals surface area contributed by atoms with Gasteiger partial charge in [-0.3, -0.25) is 4.90 Å². The Kier molecular flexibility index (Phi) is 4.37. The molecule has 0 bridgehead atoms. The molecule has 0 radical (unpaired) electrons. The SMILES string of the molecule is CC1CCCN(Cc2ccccc2C(=O)O)CC1. The van der Waals surface area contributed by atoms with Crippen LogP contribution in [0.15, 0.2) is 24.3 Å². The third-order valence-electron chi connectivity index (χ3n) is 3.75. The first-order valence-corrected chi connectivity index (χ1v) is 6.70. The maximum absolute atomic E-state index is 11.2. The normalized spacial score (nSPS) is 21.5. The summed E-state index contributed by atoms with van der Waals surface area (Å²) in [4.78, 5) is 13.5. The topological polar surface area (TPSA) is 40.5 Å². The summed E-state index contributed by atoms with van der Waals surface area (Å²) in [6.45, 7) is 5.22. The zero-order valence-electron chi connectivity index (χ0n) is 10.9. The smallest absolute Gasteiger partial charge is 0.336 e. The summed E-state index contributed by atoms with van der Waals surface area (Å²) in [5.74, 6) is -0.0292. The maximum atomic E-state index is 11.2. The summed E-state index contributed by atoms with van der Waals surface area (Å²) in [7, 11) is 0. The van der Waals surface area contributed by atoms with Crippen molar-refractivity contribution in [3.05, 3.63) is 35.4 Å². The summed E-state index contributed by atoms with van der Waals surface area (Å²) in [6.07, 6.45) is 3.72. The van der Waals surface area contributed by atoms with Gasteiger partial charge in [-0.2, -0.15) is 0 Å². The largest absolute Gasteiger partial charge is 0.478 e. The van der Waals surface area contributed by atoms with Gasteiger partial charge in [0.1, 0.15) is 0 Å². The van der Waals surface area contributed by atoms with Crippen LogP contribution in [0, 0.1) is 5.92 Å². The van der Waals surface area contributed by atoms with Crippen LogP contribution in [0.2, 0.25) is 0 Å². The molecule has 0 aromatic heterocycles. The van der Waals surface area contributed by atoms with Gasteiger partial charge in [0.25, 0.3) is 0 Å². The molecule has 1 aromatic carbocycles. The van der Waals surface area contributed by atoms with Gasteiger partial charge in [-0.15, -0.1) is 0 Å². The number of likely N-dealkylation sites (tertiary alicyclic amines) is 1. The number of carboxylic acid groups (broad SMARTS) is 1. The molecule has 1 aromatic rings. The van der Waals surface area contributed by atoms with Gasteiger partial charge in [0.2, 0.25) is 0 Å². The monoisotopic (exact) mass is 247 g/mol. The van der Waals surface area contributed by atoms with Crippen LogP contribution >= 0.6 is 0 Å². The van der Waals surface area contributed by atoms with E-state index in [1.807, 2.05) is 12.1 Å². The molecule has 18 heavy (non-hydrogen) atoms. The first kappa shape index (κ1) is 13.1. The molecule has 1 atom stereocenters. The molecular weight excluding hydrogens is 226 g/mol. The third kappa shape index (κ3) is 3.33. The number of hydrogen-bond acceptors (Lipinski definition) is 2. The summed E-state index contributed by atoms with van der Waals surface area (Å²) in [5, 5.41) is 9.17. The molecule has 98 valence electrons. The molecule has 1 saturated heterocycles. The molecule has 1 heterocycles. The van der Waals surface area contributed by atoms with E-state index < -0.39 is 5.97 Å². The van der Waals surface area contributed by atoms with E-state index in [2.05, 4.69) is 11.8 Å². The second-order valence-electron chi connectivity index (χ2n) is 5.27. The van der Waals surface area contributed by atoms with E-state index in [0.29, 0.717) is 5.56 Å². The van der Waals surface area contributed by atoms with Crippen molar-refractivity contribution in [1.29, 1.82) is 0 Å². The van der Waals surface area contributed by atoms with Gasteiger partial charge in [-0.25, -0.2) is 4.79 Å². The summed E-state index contributed by atoms with van der Waals surface area (Å²) >= 11 is 0. The number of rotatable bonds is 3. The third-order valence-corrected chi connectivity index (χ3v) is 3.75. The van der Waals surface area contributed by atoms with E-state index in [1.54, 1.807) is 12.1 Å². The highest BCUT2D eigenvalue weighted by molar-refractivity contribution is 5.89. The molecule has 0 saturated carbocycles. The Morgan fingerprint density at radius 3 is 2.89 bits per heavy atom. The molecule has 0 spiro atoms. The number of aromatic carboxylic acids is 1. The average molecular weight is 247 g/mol. The molecule has 1 aliphatic heterocycles. The Balaban J connectivity index is 2.06. The standard InChI is InChI=1S/C15H21NO2/c1-12-5-4-9-16(10-8-12)11-13-6-2-3-7-14(13)15(17)18/h2-3,6-7,12H,4-5,8-11H2,1H3,(H,17,18). The molecule has 0 aliphatic carbocycles. The molecule has 3 nitrogen and oxygen atoms in total. The van der Waals surface area contributed by atoms with E-state index in [-0.39, 0.29) is 0 Å². The Morgan fingerprint density at radius 1 is 1.33 bits per heavy atom. The Bertz CT molecular complexity index is 417. The van der Waals surface area contributed by atoms with Crippen LogP contribution in [-0.2, 0) is 6.54 Å². The fourth-order valence-corrected chi connectivity index (χ4v) is 2.59. The van der Waals surface area contributed by atoms with Crippen LogP contribution in [-0.4, -0.2) is 29.1 Å². The maximum Gasteiger partial charge on any atom is 0.336 e. The number of benzene rings is 1. The molecule has 0 amide bonds. The zero-order valence-corrected chi connectivity index (χ0v) is 10.9. The van der Waals surface area contributed by atoms with E-state index in [0.717, 1.165) is 31.1 Å². The van der Waals surface area contributed by atoms with E-state index in [1.165, 1.54) is 19.3 Å². The van der Waals surface area contributed by atoms with Crippen molar-refractivity contribution in [1.82, 2.24) is 4.90 Å². The minimum absolute atomic E-state index is 0.440. The quantitative estimate of drug-likeness (QED) is 0.892. The van der Waals surface area contributed by atoms with Crippen LogP contribution in [0.3, 0.4) is 0 Å². The Hall–Kier alpha value is -1.35. The molecule has 2 rings (SSSR count). The first-order chi connectivity index (χ1) is 8.66. The first-order valence-electron chi connectivity index (χ1n) is 6.70. The lowest BCUT2D eigenvalue weighted by atomic mass is 10.0. The average Bonchev–Trinajstić information content (AvgIpc) is 2.55. The second kappa shape index (κ2) is 6.01. The van der Waals surface area contributed by atoms with Gasteiger partial charge in [0, 0.05) is 6.54 Å². The molecular formula is C15H21NO2. The van der Waals surface area contributed by atoms with Crippen molar-refractivity contribution < 1.29 is 9.90 Å². The van der Waals surface area contributed by atoms with Crippen LogP contribution in [0.5, 0.6) is 0 Å². The predicted molar refractivity (Wildman–Crippen MR) is 71.7 cm³/mol. The lowest BCUT2D eigenvalue weighted by molar-refractivity contribution is 0.0694. The zero-order chi connectivity index (χ0) is 13.0. The van der Waals surface area contributed by atoms with E-state index in [4.69, 9.17) is 0 Å². The summed E-state index contributed by atoms with van der Waals surface area (Å²) < 4.78 is 0. The molecule has 3 heteroatoms. The molecule has 1 N–H and O–H groups in total. The van der Waals surface area contributed by atoms with Crippen molar-refractivity contribution >= 4 is 5.97 Å². The van der Waals surface area contributed by atoms with Crippen molar-refractivity contribution in [2.75, 3.05) is 13.1 Å². The van der Waals surface area contributed by atoms with Crippen LogP contribution < -0.4 is 0 Å². The van der Waals surface area contributed by atoms with Gasteiger partial charge >= 0.3 is 5.97 Å². The van der Waals surface area contributed by atoms with E-state index in [9.17, 15) is 9.90 Å². The van der Waals surface area contributed by atoms with Crippen LogP contribution in [0.4, 0.5) is 0 Å². The van der Waals surface area contributed by atoms with Crippen molar-refractivity contribution in [2.24, 2.45) is 5.92 Å². The lowest BCUT2D eigenvalue weighted by Crippen LogP contribution is -2.25. The van der Waals surface area contributed by atoms with Crippen molar-refractivity contribution in [2.45, 2.75) is 32.7 Å². The highest BCUT2D eigenvalue weighted by Gasteiger charge is 2.16. The summed E-state index contributed by atoms with van der Waals surface area (Å²) in [5.41, 5.74) is 1.37. The number of nitrogens with zero attached hydrogens (tertiary/aromatic N) is 1. The fraction of sp³-hybridized carbons (Fsp3) is 0.533.